The summed E-state index contributed by atoms with van der Waals surface area (Å²) < 4.78 is 5.26. The number of carbonyl (C=O) groups excluding carboxylic acids is 1. The van der Waals surface area contributed by atoms with Crippen LogP contribution in [0.15, 0.2) is 0 Å². The van der Waals surface area contributed by atoms with Gasteiger partial charge in [0.1, 0.15) is 0 Å². The molecule has 2 fully saturated rings. The minimum atomic E-state index is 0. The Labute approximate surface area is 103 Å². The number of amides is 1. The maximum Gasteiger partial charge on any atom is 0.237 e. The normalized spacial score (nSPS) is 26.9. The van der Waals surface area contributed by atoms with Gasteiger partial charge in [0.25, 0.3) is 0 Å². The molecule has 0 bridgehead atoms. The predicted octanol–water partition coefficient (Wildman–Crippen LogP) is 0.845. The number of rotatable bonds is 2. The van der Waals surface area contributed by atoms with Gasteiger partial charge in [-0.3, -0.25) is 4.79 Å². The van der Waals surface area contributed by atoms with Crippen LogP contribution < -0.4 is 10.6 Å². The van der Waals surface area contributed by atoms with Crippen LogP contribution in [0, 0.1) is 0 Å². The van der Waals surface area contributed by atoms with Gasteiger partial charge < -0.3 is 15.4 Å². The molecule has 4 nitrogen and oxygen atoms in total. The molecule has 2 saturated heterocycles. The van der Waals surface area contributed by atoms with Gasteiger partial charge in [-0.1, -0.05) is 6.42 Å². The van der Waals surface area contributed by atoms with Crippen molar-refractivity contribution < 1.29 is 9.53 Å². The lowest BCUT2D eigenvalue weighted by molar-refractivity contribution is -0.125. The lowest BCUT2D eigenvalue weighted by Gasteiger charge is -2.27. The molecule has 2 aliphatic heterocycles. The van der Waals surface area contributed by atoms with E-state index in [1.54, 1.807) is 0 Å². The molecule has 0 aromatic carbocycles. The van der Waals surface area contributed by atoms with E-state index in [4.69, 9.17) is 4.74 Å². The number of hydrogen-bond donors (Lipinski definition) is 2. The first-order valence-electron chi connectivity index (χ1n) is 5.98. The molecule has 0 aromatic heterocycles. The third-order valence-electron chi connectivity index (χ3n) is 3.19. The van der Waals surface area contributed by atoms with Crippen LogP contribution in [-0.4, -0.2) is 37.7 Å². The number of piperidine rings is 1. The van der Waals surface area contributed by atoms with E-state index in [1.807, 2.05) is 0 Å². The number of halogens is 1. The van der Waals surface area contributed by atoms with E-state index in [9.17, 15) is 4.79 Å². The molecule has 5 heteroatoms. The summed E-state index contributed by atoms with van der Waals surface area (Å²) in [6, 6.07) is 0.372. The van der Waals surface area contributed by atoms with Crippen molar-refractivity contribution in [1.29, 1.82) is 0 Å². The summed E-state index contributed by atoms with van der Waals surface area (Å²) in [6.45, 7) is 2.54. The first-order chi connectivity index (χ1) is 7.36. The molecular weight excluding hydrogens is 228 g/mol. The van der Waals surface area contributed by atoms with E-state index in [1.165, 1.54) is 12.8 Å². The molecule has 2 aliphatic rings. The highest BCUT2D eigenvalue weighted by Gasteiger charge is 2.23. The fourth-order valence-electron chi connectivity index (χ4n) is 2.22. The van der Waals surface area contributed by atoms with Gasteiger partial charge in [-0.05, 0) is 32.2 Å². The van der Waals surface area contributed by atoms with Gasteiger partial charge in [0, 0.05) is 19.3 Å². The first-order valence-corrected chi connectivity index (χ1v) is 5.98. The van der Waals surface area contributed by atoms with Gasteiger partial charge in [-0.2, -0.15) is 0 Å². The Morgan fingerprint density at radius 1 is 1.19 bits per heavy atom. The minimum Gasteiger partial charge on any atom is -0.381 e. The highest BCUT2D eigenvalue weighted by Crippen LogP contribution is 2.10. The summed E-state index contributed by atoms with van der Waals surface area (Å²) in [4.78, 5) is 11.9. The second-order valence-electron chi connectivity index (χ2n) is 4.40. The number of hydrogen-bond acceptors (Lipinski definition) is 3. The molecule has 16 heavy (non-hydrogen) atoms. The van der Waals surface area contributed by atoms with Crippen LogP contribution in [-0.2, 0) is 9.53 Å². The largest absolute Gasteiger partial charge is 0.381 e. The fourth-order valence-corrected chi connectivity index (χ4v) is 2.22. The molecule has 0 aliphatic carbocycles. The van der Waals surface area contributed by atoms with Crippen molar-refractivity contribution in [2.75, 3.05) is 19.8 Å². The van der Waals surface area contributed by atoms with Gasteiger partial charge in [0.2, 0.25) is 5.91 Å². The molecule has 0 unspecified atom stereocenters. The SMILES string of the molecule is Cl.O=C(NC1CCOCC1)[C@@H]1CCCCN1. The highest BCUT2D eigenvalue weighted by molar-refractivity contribution is 5.85. The van der Waals surface area contributed by atoms with Gasteiger partial charge >= 0.3 is 0 Å². The third kappa shape index (κ3) is 3.92. The van der Waals surface area contributed by atoms with Crippen molar-refractivity contribution in [2.24, 2.45) is 0 Å². The van der Waals surface area contributed by atoms with E-state index in [2.05, 4.69) is 10.6 Å². The Kier molecular flexibility index (Phi) is 6.09. The molecule has 1 amide bonds. The summed E-state index contributed by atoms with van der Waals surface area (Å²) in [5.74, 6) is 0.182. The Balaban J connectivity index is 0.00000128. The third-order valence-corrected chi connectivity index (χ3v) is 3.19. The summed E-state index contributed by atoms with van der Waals surface area (Å²) in [7, 11) is 0. The Morgan fingerprint density at radius 2 is 1.94 bits per heavy atom. The van der Waals surface area contributed by atoms with Gasteiger partial charge in [-0.25, -0.2) is 0 Å². The molecule has 0 saturated carbocycles. The summed E-state index contributed by atoms with van der Waals surface area (Å²) >= 11 is 0. The standard InChI is InChI=1S/C11H20N2O2.ClH/c14-11(10-3-1-2-6-12-10)13-9-4-7-15-8-5-9;/h9-10,12H,1-8H2,(H,13,14);1H/t10-;/m0./s1. The molecule has 2 rings (SSSR count). The second kappa shape index (κ2) is 7.09. The second-order valence-corrected chi connectivity index (χ2v) is 4.40. The fraction of sp³-hybridized carbons (Fsp3) is 0.909. The minimum absolute atomic E-state index is 0. The molecule has 2 N–H and O–H groups in total. The predicted molar refractivity (Wildman–Crippen MR) is 64.9 cm³/mol. The van der Waals surface area contributed by atoms with Crippen molar-refractivity contribution in [2.45, 2.75) is 44.2 Å². The summed E-state index contributed by atoms with van der Waals surface area (Å²) in [6.07, 6.45) is 5.26. The van der Waals surface area contributed by atoms with E-state index in [-0.39, 0.29) is 24.4 Å². The Morgan fingerprint density at radius 3 is 2.56 bits per heavy atom. The summed E-state index contributed by atoms with van der Waals surface area (Å²) in [5.41, 5.74) is 0. The van der Waals surface area contributed by atoms with Crippen molar-refractivity contribution in [3.8, 4) is 0 Å². The zero-order valence-electron chi connectivity index (χ0n) is 9.54. The smallest absolute Gasteiger partial charge is 0.237 e. The van der Waals surface area contributed by atoms with Crippen LogP contribution in [0.25, 0.3) is 0 Å². The topological polar surface area (TPSA) is 50.4 Å². The van der Waals surface area contributed by atoms with Crippen molar-refractivity contribution >= 4 is 18.3 Å². The Bertz CT molecular complexity index is 214. The Hall–Kier alpha value is -0.320. The van der Waals surface area contributed by atoms with Crippen LogP contribution in [0.4, 0.5) is 0 Å². The van der Waals surface area contributed by atoms with Crippen molar-refractivity contribution in [3.05, 3.63) is 0 Å². The molecule has 94 valence electrons. The molecule has 2 heterocycles. The highest BCUT2D eigenvalue weighted by atomic mass is 35.5. The monoisotopic (exact) mass is 248 g/mol. The zero-order valence-corrected chi connectivity index (χ0v) is 10.4. The quantitative estimate of drug-likeness (QED) is 0.762. The maximum atomic E-state index is 11.9. The van der Waals surface area contributed by atoms with Crippen molar-refractivity contribution in [3.63, 3.8) is 0 Å². The lowest BCUT2D eigenvalue weighted by Crippen LogP contribution is -2.50. The van der Waals surface area contributed by atoms with E-state index in [0.717, 1.165) is 39.0 Å². The molecule has 0 radical (unpaired) electrons. The average molecular weight is 249 g/mol. The lowest BCUT2D eigenvalue weighted by atomic mass is 10.0. The van der Waals surface area contributed by atoms with E-state index < -0.39 is 0 Å². The van der Waals surface area contributed by atoms with Gasteiger partial charge in [-0.15, -0.1) is 12.4 Å². The molecule has 1 atom stereocenters. The number of nitrogens with one attached hydrogen (secondary N) is 2. The molecule has 0 aromatic rings. The van der Waals surface area contributed by atoms with Crippen LogP contribution in [0.3, 0.4) is 0 Å². The zero-order chi connectivity index (χ0) is 10.5. The van der Waals surface area contributed by atoms with E-state index in [0.29, 0.717) is 6.04 Å². The van der Waals surface area contributed by atoms with Gasteiger partial charge in [0.15, 0.2) is 0 Å². The molecule has 0 spiro atoms. The van der Waals surface area contributed by atoms with E-state index >= 15 is 0 Å². The first kappa shape index (κ1) is 13.7. The van der Waals surface area contributed by atoms with Crippen LogP contribution in [0.2, 0.25) is 0 Å². The average Bonchev–Trinajstić information content (AvgIpc) is 2.31. The van der Waals surface area contributed by atoms with Crippen LogP contribution >= 0.6 is 12.4 Å². The number of carbonyl (C=O) groups is 1. The number of ether oxygens (including phenoxy) is 1. The van der Waals surface area contributed by atoms with Gasteiger partial charge in [0.05, 0.1) is 6.04 Å². The van der Waals surface area contributed by atoms with Crippen LogP contribution in [0.5, 0.6) is 0 Å². The molecular formula is C11H21ClN2O2. The maximum absolute atomic E-state index is 11.9. The van der Waals surface area contributed by atoms with Crippen LogP contribution in [0.1, 0.15) is 32.1 Å². The summed E-state index contributed by atoms with van der Waals surface area (Å²) in [5, 5.41) is 6.37. The van der Waals surface area contributed by atoms with Crippen molar-refractivity contribution in [1.82, 2.24) is 10.6 Å².